The first-order chi connectivity index (χ1) is 13.5. The zero-order valence-corrected chi connectivity index (χ0v) is 15.2. The molecule has 1 saturated carbocycles. The summed E-state index contributed by atoms with van der Waals surface area (Å²) in [6, 6.07) is 14.3. The molecule has 28 heavy (non-hydrogen) atoms. The Bertz CT molecular complexity index is 1040. The highest BCUT2D eigenvalue weighted by molar-refractivity contribution is 6.24. The molecule has 6 heteroatoms. The number of imide groups is 1. The highest BCUT2D eigenvalue weighted by Crippen LogP contribution is 2.57. The molecule has 2 aromatic rings. The Kier molecular flexibility index (Phi) is 3.53. The van der Waals surface area contributed by atoms with Crippen LogP contribution in [0.4, 0.5) is 11.4 Å². The van der Waals surface area contributed by atoms with E-state index in [1.807, 2.05) is 24.3 Å². The SMILES string of the molecule is CC(=O)Nc1ccc(N2C(=O)[C@@H]3[C@H](C2=O)[C@@H]2CC(=O)[C@@H]3c3ccccc32)cc1. The first-order valence-electron chi connectivity index (χ1n) is 9.34. The molecule has 3 amide bonds. The number of fused-ring (bicyclic) bond motifs is 1. The summed E-state index contributed by atoms with van der Waals surface area (Å²) in [4.78, 5) is 51.6. The van der Waals surface area contributed by atoms with Gasteiger partial charge in [0.2, 0.25) is 17.7 Å². The van der Waals surface area contributed by atoms with Crippen LogP contribution in [0.2, 0.25) is 0 Å². The van der Waals surface area contributed by atoms with Gasteiger partial charge in [0.05, 0.1) is 23.4 Å². The smallest absolute Gasteiger partial charge is 0.238 e. The van der Waals surface area contributed by atoms with E-state index in [4.69, 9.17) is 0 Å². The highest BCUT2D eigenvalue weighted by Gasteiger charge is 2.62. The molecule has 1 saturated heterocycles. The summed E-state index contributed by atoms with van der Waals surface area (Å²) < 4.78 is 0. The van der Waals surface area contributed by atoms with Crippen molar-refractivity contribution in [2.75, 3.05) is 10.2 Å². The standard InChI is InChI=1S/C22H18N2O4/c1-11(25)23-12-6-8-13(9-7-12)24-21(27)19-16-10-17(26)18(20(19)22(24)28)15-5-3-2-4-14(15)16/h2-9,16,18-20H,10H2,1H3,(H,23,25)/t16-,18+,19-,20+/m1/s1. The number of ketones is 1. The minimum absolute atomic E-state index is 0.0500. The zero-order chi connectivity index (χ0) is 19.6. The summed E-state index contributed by atoms with van der Waals surface area (Å²) in [7, 11) is 0. The minimum Gasteiger partial charge on any atom is -0.326 e. The predicted octanol–water partition coefficient (Wildman–Crippen LogP) is 2.60. The number of nitrogens with one attached hydrogen (secondary N) is 1. The molecule has 2 bridgehead atoms. The summed E-state index contributed by atoms with van der Waals surface area (Å²) in [6.45, 7) is 1.41. The Labute approximate surface area is 161 Å². The summed E-state index contributed by atoms with van der Waals surface area (Å²) in [5.74, 6) is -2.57. The average molecular weight is 374 g/mol. The Hall–Kier alpha value is -3.28. The molecule has 2 fully saturated rings. The predicted molar refractivity (Wildman–Crippen MR) is 102 cm³/mol. The maximum atomic E-state index is 13.2. The minimum atomic E-state index is -0.622. The van der Waals surface area contributed by atoms with E-state index in [0.29, 0.717) is 17.8 Å². The van der Waals surface area contributed by atoms with Crippen molar-refractivity contribution >= 4 is 34.9 Å². The second-order valence-corrected chi connectivity index (χ2v) is 7.68. The third kappa shape index (κ3) is 2.21. The number of hydrogen-bond acceptors (Lipinski definition) is 4. The van der Waals surface area contributed by atoms with E-state index in [-0.39, 0.29) is 29.4 Å². The lowest BCUT2D eigenvalue weighted by atomic mass is 9.56. The van der Waals surface area contributed by atoms with Gasteiger partial charge in [-0.05, 0) is 35.4 Å². The molecule has 1 heterocycles. The Morgan fingerprint density at radius 1 is 0.929 bits per heavy atom. The lowest BCUT2D eigenvalue weighted by molar-refractivity contribution is -0.134. The number of amides is 3. The van der Waals surface area contributed by atoms with Crippen molar-refractivity contribution in [3.05, 3.63) is 59.7 Å². The van der Waals surface area contributed by atoms with Crippen LogP contribution in [0.5, 0.6) is 0 Å². The normalized spacial score (nSPS) is 27.6. The molecule has 4 aliphatic rings. The number of hydrogen-bond donors (Lipinski definition) is 1. The fourth-order valence-electron chi connectivity index (χ4n) is 5.11. The third-order valence-corrected chi connectivity index (χ3v) is 6.13. The van der Waals surface area contributed by atoms with E-state index in [1.54, 1.807) is 24.3 Å². The number of Topliss-reactive ketones (excluding diaryl/α,β-unsaturated/α-hetero) is 1. The Balaban J connectivity index is 1.54. The van der Waals surface area contributed by atoms with Crippen molar-refractivity contribution in [3.8, 4) is 0 Å². The van der Waals surface area contributed by atoms with Crippen LogP contribution in [0, 0.1) is 11.8 Å². The van der Waals surface area contributed by atoms with Gasteiger partial charge in [0, 0.05) is 24.9 Å². The lowest BCUT2D eigenvalue weighted by Crippen LogP contribution is -2.44. The van der Waals surface area contributed by atoms with Crippen LogP contribution >= 0.6 is 0 Å². The van der Waals surface area contributed by atoms with Crippen LogP contribution in [0.3, 0.4) is 0 Å². The van der Waals surface area contributed by atoms with Gasteiger partial charge in [-0.1, -0.05) is 24.3 Å². The number of rotatable bonds is 2. The molecule has 0 spiro atoms. The van der Waals surface area contributed by atoms with Crippen molar-refractivity contribution in [2.45, 2.75) is 25.2 Å². The maximum Gasteiger partial charge on any atom is 0.238 e. The molecule has 3 aliphatic carbocycles. The van der Waals surface area contributed by atoms with Crippen molar-refractivity contribution in [3.63, 3.8) is 0 Å². The molecular weight excluding hydrogens is 356 g/mol. The van der Waals surface area contributed by atoms with Gasteiger partial charge in [0.15, 0.2) is 0 Å². The second-order valence-electron chi connectivity index (χ2n) is 7.68. The largest absolute Gasteiger partial charge is 0.326 e. The first-order valence-corrected chi connectivity index (χ1v) is 9.34. The second kappa shape index (κ2) is 5.86. The number of carbonyl (C=O) groups excluding carboxylic acids is 4. The topological polar surface area (TPSA) is 83.6 Å². The van der Waals surface area contributed by atoms with E-state index in [1.165, 1.54) is 11.8 Å². The van der Waals surface area contributed by atoms with Crippen LogP contribution in [0.25, 0.3) is 0 Å². The van der Waals surface area contributed by atoms with Crippen molar-refractivity contribution < 1.29 is 19.2 Å². The number of nitrogens with zero attached hydrogens (tertiary/aromatic N) is 1. The van der Waals surface area contributed by atoms with E-state index < -0.39 is 17.8 Å². The van der Waals surface area contributed by atoms with Crippen LogP contribution < -0.4 is 10.2 Å². The van der Waals surface area contributed by atoms with E-state index in [0.717, 1.165) is 11.1 Å². The number of anilines is 2. The van der Waals surface area contributed by atoms with Crippen LogP contribution in [0.1, 0.15) is 36.3 Å². The van der Waals surface area contributed by atoms with Gasteiger partial charge < -0.3 is 5.32 Å². The highest BCUT2D eigenvalue weighted by atomic mass is 16.2. The van der Waals surface area contributed by atoms with Crippen molar-refractivity contribution in [2.24, 2.45) is 11.8 Å². The maximum absolute atomic E-state index is 13.2. The number of carbonyl (C=O) groups is 4. The molecule has 0 aromatic heterocycles. The molecule has 1 N–H and O–H groups in total. The van der Waals surface area contributed by atoms with Gasteiger partial charge in [-0.3, -0.25) is 24.1 Å². The molecule has 140 valence electrons. The van der Waals surface area contributed by atoms with Crippen molar-refractivity contribution in [1.82, 2.24) is 0 Å². The van der Waals surface area contributed by atoms with Crippen molar-refractivity contribution in [1.29, 1.82) is 0 Å². The Morgan fingerprint density at radius 2 is 1.57 bits per heavy atom. The van der Waals surface area contributed by atoms with E-state index >= 15 is 0 Å². The fraction of sp³-hybridized carbons (Fsp3) is 0.273. The van der Waals surface area contributed by atoms with Gasteiger partial charge >= 0.3 is 0 Å². The fourth-order valence-corrected chi connectivity index (χ4v) is 5.11. The van der Waals surface area contributed by atoms with E-state index in [9.17, 15) is 19.2 Å². The van der Waals surface area contributed by atoms with Gasteiger partial charge in [0.1, 0.15) is 5.78 Å². The van der Waals surface area contributed by atoms with Gasteiger partial charge in [-0.15, -0.1) is 0 Å². The molecule has 0 unspecified atom stereocenters. The van der Waals surface area contributed by atoms with Crippen LogP contribution in [-0.4, -0.2) is 23.5 Å². The van der Waals surface area contributed by atoms with Gasteiger partial charge in [-0.2, -0.15) is 0 Å². The van der Waals surface area contributed by atoms with Gasteiger partial charge in [-0.25, -0.2) is 0 Å². The summed E-state index contributed by atoms with van der Waals surface area (Å²) in [5, 5.41) is 2.66. The first kappa shape index (κ1) is 16.9. The lowest BCUT2D eigenvalue weighted by Gasteiger charge is -2.43. The van der Waals surface area contributed by atoms with E-state index in [2.05, 4.69) is 5.32 Å². The molecule has 6 rings (SSSR count). The summed E-state index contributed by atoms with van der Waals surface area (Å²) in [6.07, 6.45) is 0.317. The molecule has 6 nitrogen and oxygen atoms in total. The summed E-state index contributed by atoms with van der Waals surface area (Å²) in [5.41, 5.74) is 2.98. The molecular formula is C22H18N2O4. The molecule has 1 aliphatic heterocycles. The quantitative estimate of drug-likeness (QED) is 0.819. The zero-order valence-electron chi connectivity index (χ0n) is 15.2. The average Bonchev–Trinajstić information content (AvgIpc) is 2.94. The molecule has 2 aromatic carbocycles. The molecule has 4 atom stereocenters. The monoisotopic (exact) mass is 374 g/mol. The third-order valence-electron chi connectivity index (χ3n) is 6.13. The van der Waals surface area contributed by atoms with Gasteiger partial charge in [0.25, 0.3) is 0 Å². The number of benzene rings is 2. The Morgan fingerprint density at radius 3 is 2.25 bits per heavy atom. The summed E-state index contributed by atoms with van der Waals surface area (Å²) >= 11 is 0. The van der Waals surface area contributed by atoms with Crippen LogP contribution in [0.15, 0.2) is 48.5 Å². The molecule has 0 radical (unpaired) electrons. The van der Waals surface area contributed by atoms with Crippen LogP contribution in [-0.2, 0) is 19.2 Å².